The molecule has 1 heterocycles. The third-order valence-electron chi connectivity index (χ3n) is 4.16. The van der Waals surface area contributed by atoms with Crippen molar-refractivity contribution in [1.82, 2.24) is 15.1 Å². The van der Waals surface area contributed by atoms with Crippen molar-refractivity contribution in [3.63, 3.8) is 0 Å². The van der Waals surface area contributed by atoms with Gasteiger partial charge in [-0.1, -0.05) is 17.7 Å². The van der Waals surface area contributed by atoms with E-state index in [1.165, 1.54) is 11.0 Å². The number of halogens is 2. The van der Waals surface area contributed by atoms with Gasteiger partial charge >= 0.3 is 0 Å². The molecule has 1 fully saturated rings. The first-order chi connectivity index (χ1) is 10.5. The molecular weight excluding hydrogens is 305 g/mol. The van der Waals surface area contributed by atoms with Crippen molar-refractivity contribution in [3.8, 4) is 0 Å². The van der Waals surface area contributed by atoms with Gasteiger partial charge in [0.05, 0.1) is 6.54 Å². The number of rotatable bonds is 5. The Morgan fingerprint density at radius 3 is 3.00 bits per heavy atom. The Morgan fingerprint density at radius 1 is 1.55 bits per heavy atom. The van der Waals surface area contributed by atoms with Gasteiger partial charge in [0.15, 0.2) is 0 Å². The molecule has 0 radical (unpaired) electrons. The number of nitrogens with one attached hydrogen (secondary N) is 1. The summed E-state index contributed by atoms with van der Waals surface area (Å²) < 4.78 is 13.8. The van der Waals surface area contributed by atoms with Crippen LogP contribution in [0.1, 0.15) is 18.4 Å². The maximum absolute atomic E-state index is 13.8. The quantitative estimate of drug-likeness (QED) is 0.900. The van der Waals surface area contributed by atoms with Crippen molar-refractivity contribution in [3.05, 3.63) is 34.6 Å². The van der Waals surface area contributed by atoms with E-state index in [0.29, 0.717) is 23.2 Å². The molecule has 2 rings (SSSR count). The summed E-state index contributed by atoms with van der Waals surface area (Å²) >= 11 is 6.01. The van der Waals surface area contributed by atoms with Crippen LogP contribution in [0.3, 0.4) is 0 Å². The molecule has 6 heteroatoms. The number of benzene rings is 1. The number of likely N-dealkylation sites (N-methyl/N-ethyl adjacent to an activating group) is 2. The first kappa shape index (κ1) is 17.2. The van der Waals surface area contributed by atoms with Crippen molar-refractivity contribution in [2.45, 2.75) is 25.4 Å². The smallest absolute Gasteiger partial charge is 0.236 e. The van der Waals surface area contributed by atoms with Gasteiger partial charge in [-0.05, 0) is 38.6 Å². The Bertz CT molecular complexity index is 506. The summed E-state index contributed by atoms with van der Waals surface area (Å²) in [6.07, 6.45) is 2.23. The highest BCUT2D eigenvalue weighted by molar-refractivity contribution is 6.31. The monoisotopic (exact) mass is 327 g/mol. The third kappa shape index (κ3) is 4.41. The largest absolute Gasteiger partial charge is 0.340 e. The number of carbonyl (C=O) groups is 1. The summed E-state index contributed by atoms with van der Waals surface area (Å²) in [5.74, 6) is -0.392. The molecule has 1 aliphatic rings. The average Bonchev–Trinajstić information content (AvgIpc) is 2.51. The van der Waals surface area contributed by atoms with Crippen LogP contribution in [0.15, 0.2) is 18.2 Å². The van der Waals surface area contributed by atoms with E-state index in [1.54, 1.807) is 19.2 Å². The number of amides is 1. The van der Waals surface area contributed by atoms with Crippen molar-refractivity contribution in [1.29, 1.82) is 0 Å². The SMILES string of the molecule is CNC1CCCN(CC(=O)N(C)Cc2c(F)cccc2Cl)C1. The molecule has 1 aliphatic heterocycles. The Hall–Kier alpha value is -1.17. The zero-order valence-electron chi connectivity index (χ0n) is 13.1. The van der Waals surface area contributed by atoms with Crippen LogP contribution < -0.4 is 5.32 Å². The van der Waals surface area contributed by atoms with E-state index in [4.69, 9.17) is 11.6 Å². The molecule has 1 N–H and O–H groups in total. The molecule has 1 unspecified atom stereocenters. The van der Waals surface area contributed by atoms with Gasteiger partial charge in [0.2, 0.25) is 5.91 Å². The van der Waals surface area contributed by atoms with E-state index in [1.807, 2.05) is 7.05 Å². The van der Waals surface area contributed by atoms with Crippen LogP contribution in [-0.4, -0.2) is 55.5 Å². The second-order valence-corrected chi connectivity index (χ2v) is 6.22. The van der Waals surface area contributed by atoms with Crippen LogP contribution in [0.2, 0.25) is 5.02 Å². The van der Waals surface area contributed by atoms with Gasteiger partial charge < -0.3 is 10.2 Å². The fourth-order valence-corrected chi connectivity index (χ4v) is 2.98. The van der Waals surface area contributed by atoms with Gasteiger partial charge in [-0.15, -0.1) is 0 Å². The lowest BCUT2D eigenvalue weighted by molar-refractivity contribution is -0.132. The summed E-state index contributed by atoms with van der Waals surface area (Å²) in [7, 11) is 3.63. The molecule has 1 amide bonds. The highest BCUT2D eigenvalue weighted by Crippen LogP contribution is 2.20. The molecule has 22 heavy (non-hydrogen) atoms. The number of hydrogen-bond acceptors (Lipinski definition) is 3. The lowest BCUT2D eigenvalue weighted by atomic mass is 10.1. The number of nitrogens with zero attached hydrogens (tertiary/aromatic N) is 2. The zero-order chi connectivity index (χ0) is 16.1. The minimum absolute atomic E-state index is 0.0175. The van der Waals surface area contributed by atoms with Crippen LogP contribution in [0, 0.1) is 5.82 Å². The maximum atomic E-state index is 13.8. The standard InChI is InChI=1S/C16H23ClFN3O/c1-19-12-5-4-8-21(9-12)11-16(22)20(2)10-13-14(17)6-3-7-15(13)18/h3,6-7,12,19H,4-5,8-11H2,1-2H3. The highest BCUT2D eigenvalue weighted by Gasteiger charge is 2.22. The average molecular weight is 328 g/mol. The van der Waals surface area contributed by atoms with Crippen LogP contribution in [0.4, 0.5) is 4.39 Å². The van der Waals surface area contributed by atoms with Gasteiger partial charge in [-0.2, -0.15) is 0 Å². The van der Waals surface area contributed by atoms with E-state index in [0.717, 1.165) is 25.9 Å². The molecule has 0 aromatic heterocycles. The van der Waals surface area contributed by atoms with Crippen molar-refractivity contribution < 1.29 is 9.18 Å². The Kier molecular flexibility index (Phi) is 6.17. The van der Waals surface area contributed by atoms with Gasteiger partial charge in [0, 0.05) is 36.8 Å². The number of carbonyl (C=O) groups excluding carboxylic acids is 1. The molecular formula is C16H23ClFN3O. The molecule has 0 bridgehead atoms. The molecule has 1 aromatic rings. The Labute approximate surface area is 136 Å². The predicted octanol–water partition coefficient (Wildman–Crippen LogP) is 2.12. The topological polar surface area (TPSA) is 35.6 Å². The lowest BCUT2D eigenvalue weighted by Gasteiger charge is -2.33. The summed E-state index contributed by atoms with van der Waals surface area (Å²) in [6, 6.07) is 5.00. The van der Waals surface area contributed by atoms with Crippen molar-refractivity contribution in [2.75, 3.05) is 33.7 Å². The summed E-state index contributed by atoms with van der Waals surface area (Å²) in [4.78, 5) is 16.0. The van der Waals surface area contributed by atoms with Crippen LogP contribution in [0.5, 0.6) is 0 Å². The second kappa shape index (κ2) is 7.90. The molecule has 0 spiro atoms. The predicted molar refractivity (Wildman–Crippen MR) is 86.4 cm³/mol. The molecule has 4 nitrogen and oxygen atoms in total. The molecule has 1 atom stereocenters. The number of likely N-dealkylation sites (tertiary alicyclic amines) is 1. The summed E-state index contributed by atoms with van der Waals surface area (Å²) in [5.41, 5.74) is 0.367. The minimum atomic E-state index is -0.375. The minimum Gasteiger partial charge on any atom is -0.340 e. The lowest BCUT2D eigenvalue weighted by Crippen LogP contribution is -2.48. The molecule has 0 saturated carbocycles. The molecule has 122 valence electrons. The second-order valence-electron chi connectivity index (χ2n) is 5.81. The van der Waals surface area contributed by atoms with E-state index < -0.39 is 0 Å². The van der Waals surface area contributed by atoms with E-state index in [-0.39, 0.29) is 18.3 Å². The fraction of sp³-hybridized carbons (Fsp3) is 0.562. The van der Waals surface area contributed by atoms with Crippen molar-refractivity contribution >= 4 is 17.5 Å². The van der Waals surface area contributed by atoms with Crippen LogP contribution >= 0.6 is 11.6 Å². The zero-order valence-corrected chi connectivity index (χ0v) is 13.9. The van der Waals surface area contributed by atoms with E-state index in [2.05, 4.69) is 10.2 Å². The summed E-state index contributed by atoms with van der Waals surface area (Å²) in [6.45, 7) is 2.35. The summed E-state index contributed by atoms with van der Waals surface area (Å²) in [5, 5.41) is 3.61. The first-order valence-electron chi connectivity index (χ1n) is 7.57. The van der Waals surface area contributed by atoms with E-state index in [9.17, 15) is 9.18 Å². The van der Waals surface area contributed by atoms with Gasteiger partial charge in [-0.3, -0.25) is 9.69 Å². The van der Waals surface area contributed by atoms with E-state index >= 15 is 0 Å². The van der Waals surface area contributed by atoms with Crippen molar-refractivity contribution in [2.24, 2.45) is 0 Å². The first-order valence-corrected chi connectivity index (χ1v) is 7.95. The Balaban J connectivity index is 1.92. The normalized spacial score (nSPS) is 19.2. The van der Waals surface area contributed by atoms with Gasteiger partial charge in [0.25, 0.3) is 0 Å². The molecule has 1 saturated heterocycles. The number of hydrogen-bond donors (Lipinski definition) is 1. The van der Waals surface area contributed by atoms with Gasteiger partial charge in [0.1, 0.15) is 5.82 Å². The highest BCUT2D eigenvalue weighted by atomic mass is 35.5. The van der Waals surface area contributed by atoms with Gasteiger partial charge in [-0.25, -0.2) is 4.39 Å². The van der Waals surface area contributed by atoms with Crippen LogP contribution in [0.25, 0.3) is 0 Å². The maximum Gasteiger partial charge on any atom is 0.236 e. The molecule has 1 aromatic carbocycles. The van der Waals surface area contributed by atoms with Crippen LogP contribution in [-0.2, 0) is 11.3 Å². The Morgan fingerprint density at radius 2 is 2.32 bits per heavy atom. The number of piperidine rings is 1. The molecule has 0 aliphatic carbocycles. The third-order valence-corrected chi connectivity index (χ3v) is 4.51. The fourth-order valence-electron chi connectivity index (χ4n) is 2.76.